The molecule has 5 heteroatoms. The van der Waals surface area contributed by atoms with Crippen molar-refractivity contribution in [2.45, 2.75) is 20.0 Å². The molecular weight excluding hydrogens is 300 g/mol. The van der Waals surface area contributed by atoms with Crippen LogP contribution in [0.4, 0.5) is 5.69 Å². The van der Waals surface area contributed by atoms with Gasteiger partial charge < -0.3 is 15.8 Å². The lowest BCUT2D eigenvalue weighted by Gasteiger charge is -2.13. The Hall–Kier alpha value is -0.650. The Bertz CT molecular complexity index is 396. The summed E-state index contributed by atoms with van der Waals surface area (Å²) < 4.78 is 6.41. The van der Waals surface area contributed by atoms with E-state index in [-0.39, 0.29) is 6.10 Å². The summed E-state index contributed by atoms with van der Waals surface area (Å²) in [6.45, 7) is 5.42. The van der Waals surface area contributed by atoms with E-state index in [1.807, 2.05) is 32.0 Å². The molecule has 94 valence electrons. The maximum atomic E-state index is 5.68. The summed E-state index contributed by atoms with van der Waals surface area (Å²) >= 11 is 8.41. The highest BCUT2D eigenvalue weighted by molar-refractivity contribution is 9.10. The monoisotopic (exact) mass is 316 g/mol. The van der Waals surface area contributed by atoms with Crippen LogP contribution in [0.15, 0.2) is 22.7 Å². The standard InChI is InChI=1S/C12H17BrN2OS/c1-8(2)16-6-5-15-11-4-3-9(13)7-10(11)12(14)17/h3-4,7-8,15H,5-6H2,1-2H3,(H2,14,17). The van der Waals surface area contributed by atoms with Crippen molar-refractivity contribution in [3.05, 3.63) is 28.2 Å². The number of benzene rings is 1. The minimum absolute atomic E-state index is 0.247. The highest BCUT2D eigenvalue weighted by Gasteiger charge is 2.05. The van der Waals surface area contributed by atoms with Crippen molar-refractivity contribution in [2.75, 3.05) is 18.5 Å². The molecule has 0 atom stereocenters. The zero-order chi connectivity index (χ0) is 12.8. The van der Waals surface area contributed by atoms with Crippen molar-refractivity contribution in [1.29, 1.82) is 0 Å². The highest BCUT2D eigenvalue weighted by Crippen LogP contribution is 2.20. The van der Waals surface area contributed by atoms with Crippen LogP contribution in [0.1, 0.15) is 19.4 Å². The Morgan fingerprint density at radius 2 is 2.24 bits per heavy atom. The second kappa shape index (κ2) is 6.93. The number of hydrogen-bond acceptors (Lipinski definition) is 3. The number of halogens is 1. The first-order chi connectivity index (χ1) is 8.00. The zero-order valence-electron chi connectivity index (χ0n) is 10.00. The van der Waals surface area contributed by atoms with Crippen molar-refractivity contribution in [1.82, 2.24) is 0 Å². The number of rotatable bonds is 6. The van der Waals surface area contributed by atoms with E-state index in [4.69, 9.17) is 22.7 Å². The number of thiocarbonyl (C=S) groups is 1. The molecule has 0 fully saturated rings. The molecule has 1 aromatic rings. The summed E-state index contributed by atoms with van der Waals surface area (Å²) in [5, 5.41) is 3.26. The van der Waals surface area contributed by atoms with E-state index in [9.17, 15) is 0 Å². The number of ether oxygens (including phenoxy) is 1. The maximum absolute atomic E-state index is 5.68. The SMILES string of the molecule is CC(C)OCCNc1ccc(Br)cc1C(N)=S. The number of anilines is 1. The minimum Gasteiger partial charge on any atom is -0.389 e. The molecule has 17 heavy (non-hydrogen) atoms. The minimum atomic E-state index is 0.247. The van der Waals surface area contributed by atoms with E-state index < -0.39 is 0 Å². The Labute approximate surface area is 116 Å². The fraction of sp³-hybridized carbons (Fsp3) is 0.417. The van der Waals surface area contributed by atoms with Crippen LogP contribution in [0, 0.1) is 0 Å². The summed E-state index contributed by atoms with van der Waals surface area (Å²) in [5.74, 6) is 0. The first kappa shape index (κ1) is 14.4. The Balaban J connectivity index is 2.61. The number of hydrogen-bond donors (Lipinski definition) is 2. The van der Waals surface area contributed by atoms with Crippen LogP contribution in [0.2, 0.25) is 0 Å². The molecule has 0 amide bonds. The molecule has 0 aliphatic rings. The molecule has 0 aliphatic heterocycles. The van der Waals surface area contributed by atoms with Gasteiger partial charge in [-0.1, -0.05) is 28.1 Å². The van der Waals surface area contributed by atoms with Gasteiger partial charge in [-0.25, -0.2) is 0 Å². The Kier molecular flexibility index (Phi) is 5.88. The predicted molar refractivity (Wildman–Crippen MR) is 79.6 cm³/mol. The van der Waals surface area contributed by atoms with Crippen LogP contribution in [0.3, 0.4) is 0 Å². The second-order valence-electron chi connectivity index (χ2n) is 3.90. The third-order valence-corrected chi connectivity index (χ3v) is 2.83. The van der Waals surface area contributed by atoms with E-state index >= 15 is 0 Å². The summed E-state index contributed by atoms with van der Waals surface area (Å²) in [4.78, 5) is 0.388. The largest absolute Gasteiger partial charge is 0.389 e. The Morgan fingerprint density at radius 3 is 2.82 bits per heavy atom. The molecule has 0 saturated heterocycles. The first-order valence-corrected chi connectivity index (χ1v) is 6.65. The molecule has 0 spiro atoms. The molecule has 0 heterocycles. The molecule has 3 nitrogen and oxygen atoms in total. The van der Waals surface area contributed by atoms with Crippen molar-refractivity contribution >= 4 is 38.8 Å². The quantitative estimate of drug-likeness (QED) is 0.626. The van der Waals surface area contributed by atoms with Crippen LogP contribution in [0.25, 0.3) is 0 Å². The maximum Gasteiger partial charge on any atom is 0.106 e. The highest BCUT2D eigenvalue weighted by atomic mass is 79.9. The van der Waals surface area contributed by atoms with Gasteiger partial charge in [0.1, 0.15) is 4.99 Å². The van der Waals surface area contributed by atoms with E-state index in [1.54, 1.807) is 0 Å². The van der Waals surface area contributed by atoms with E-state index in [0.29, 0.717) is 11.6 Å². The molecule has 0 radical (unpaired) electrons. The normalized spacial score (nSPS) is 10.6. The van der Waals surface area contributed by atoms with Crippen LogP contribution < -0.4 is 11.1 Å². The molecule has 0 unspecified atom stereocenters. The number of nitrogens with two attached hydrogens (primary N) is 1. The lowest BCUT2D eigenvalue weighted by atomic mass is 10.2. The fourth-order valence-electron chi connectivity index (χ4n) is 1.35. The lowest BCUT2D eigenvalue weighted by molar-refractivity contribution is 0.0870. The van der Waals surface area contributed by atoms with Gasteiger partial charge in [0.05, 0.1) is 12.7 Å². The van der Waals surface area contributed by atoms with E-state index in [1.165, 1.54) is 0 Å². The summed E-state index contributed by atoms with van der Waals surface area (Å²) in [6, 6.07) is 5.81. The van der Waals surface area contributed by atoms with Gasteiger partial charge in [-0.3, -0.25) is 0 Å². The van der Waals surface area contributed by atoms with Gasteiger partial charge in [-0.2, -0.15) is 0 Å². The third-order valence-electron chi connectivity index (χ3n) is 2.12. The van der Waals surface area contributed by atoms with Crippen LogP contribution in [-0.2, 0) is 4.74 Å². The zero-order valence-corrected chi connectivity index (χ0v) is 12.4. The van der Waals surface area contributed by atoms with Gasteiger partial charge in [0, 0.05) is 22.3 Å². The van der Waals surface area contributed by atoms with Gasteiger partial charge in [0.25, 0.3) is 0 Å². The number of nitrogens with one attached hydrogen (secondary N) is 1. The molecule has 0 aliphatic carbocycles. The van der Waals surface area contributed by atoms with E-state index in [0.717, 1.165) is 22.3 Å². The van der Waals surface area contributed by atoms with Crippen molar-refractivity contribution in [3.63, 3.8) is 0 Å². The van der Waals surface area contributed by atoms with Crippen LogP contribution >= 0.6 is 28.1 Å². The summed E-state index contributed by atoms with van der Waals surface area (Å²) in [5.41, 5.74) is 7.46. The molecule has 1 rings (SSSR count). The van der Waals surface area contributed by atoms with Gasteiger partial charge in [-0.05, 0) is 32.0 Å². The molecule has 0 bridgehead atoms. The molecule has 0 aromatic heterocycles. The molecule has 0 saturated carbocycles. The van der Waals surface area contributed by atoms with E-state index in [2.05, 4.69) is 21.2 Å². The first-order valence-electron chi connectivity index (χ1n) is 5.45. The smallest absolute Gasteiger partial charge is 0.106 e. The Morgan fingerprint density at radius 1 is 1.53 bits per heavy atom. The lowest BCUT2D eigenvalue weighted by Crippen LogP contribution is -2.17. The fourth-order valence-corrected chi connectivity index (χ4v) is 1.88. The molecular formula is C12H17BrN2OS. The van der Waals surface area contributed by atoms with Crippen LogP contribution in [-0.4, -0.2) is 24.2 Å². The second-order valence-corrected chi connectivity index (χ2v) is 5.26. The van der Waals surface area contributed by atoms with Gasteiger partial charge in [0.15, 0.2) is 0 Å². The van der Waals surface area contributed by atoms with Gasteiger partial charge >= 0.3 is 0 Å². The average Bonchev–Trinajstić information content (AvgIpc) is 2.25. The third kappa shape index (κ3) is 5.02. The molecule has 1 aromatic carbocycles. The van der Waals surface area contributed by atoms with Gasteiger partial charge in [-0.15, -0.1) is 0 Å². The van der Waals surface area contributed by atoms with Crippen LogP contribution in [0.5, 0.6) is 0 Å². The van der Waals surface area contributed by atoms with Crippen molar-refractivity contribution < 1.29 is 4.74 Å². The average molecular weight is 317 g/mol. The molecule has 3 N–H and O–H groups in total. The summed E-state index contributed by atoms with van der Waals surface area (Å²) in [6.07, 6.45) is 0.247. The predicted octanol–water partition coefficient (Wildman–Crippen LogP) is 2.92. The van der Waals surface area contributed by atoms with Crippen molar-refractivity contribution in [3.8, 4) is 0 Å². The van der Waals surface area contributed by atoms with Crippen molar-refractivity contribution in [2.24, 2.45) is 5.73 Å². The topological polar surface area (TPSA) is 47.3 Å². The summed E-state index contributed by atoms with van der Waals surface area (Å²) in [7, 11) is 0. The van der Waals surface area contributed by atoms with Gasteiger partial charge in [0.2, 0.25) is 0 Å².